The van der Waals surface area contributed by atoms with Gasteiger partial charge in [-0.25, -0.2) is 0 Å². The third-order valence-electron chi connectivity index (χ3n) is 4.91. The van der Waals surface area contributed by atoms with Crippen LogP contribution in [-0.4, -0.2) is 23.8 Å². The third kappa shape index (κ3) is 5.81. The Morgan fingerprint density at radius 1 is 0.735 bits per heavy atom. The van der Waals surface area contributed by atoms with Gasteiger partial charge in [0.1, 0.15) is 17.8 Å². The Balaban J connectivity index is 1.42. The Bertz CT molecular complexity index is 1270. The molecule has 0 radical (unpaired) electrons. The highest BCUT2D eigenvalue weighted by Crippen LogP contribution is 2.33. The van der Waals surface area contributed by atoms with Crippen LogP contribution in [0.4, 0.5) is 0 Å². The number of ketones is 1. The maximum atomic E-state index is 12.7. The standard InChI is InChI=1S/C28H22O6/c29-19-20-11-14-26(28(17-20)34-23-9-5-2-6-10-23)32-16-15-24(30)21-12-13-25(31)27(18-21)33-22-7-3-1-4-8-22/h1-14,17-19,31H,15-16H2. The van der Waals surface area contributed by atoms with E-state index in [1.165, 1.54) is 12.1 Å². The fourth-order valence-corrected chi connectivity index (χ4v) is 3.20. The van der Waals surface area contributed by atoms with Crippen LogP contribution in [0.3, 0.4) is 0 Å². The summed E-state index contributed by atoms with van der Waals surface area (Å²) in [6.45, 7) is 0.0974. The Labute approximate surface area is 197 Å². The molecule has 0 bridgehead atoms. The summed E-state index contributed by atoms with van der Waals surface area (Å²) < 4.78 is 17.4. The molecule has 1 N–H and O–H groups in total. The topological polar surface area (TPSA) is 82.1 Å². The van der Waals surface area contributed by atoms with E-state index < -0.39 is 0 Å². The number of aldehydes is 1. The highest BCUT2D eigenvalue weighted by molar-refractivity contribution is 5.96. The number of benzene rings is 4. The minimum atomic E-state index is -0.173. The molecule has 6 nitrogen and oxygen atoms in total. The van der Waals surface area contributed by atoms with Gasteiger partial charge in [-0.05, 0) is 60.7 Å². The van der Waals surface area contributed by atoms with Crippen molar-refractivity contribution in [1.29, 1.82) is 0 Å². The van der Waals surface area contributed by atoms with Crippen LogP contribution in [0.5, 0.6) is 34.5 Å². The Morgan fingerprint density at radius 2 is 1.38 bits per heavy atom. The number of carbonyl (C=O) groups excluding carboxylic acids is 2. The SMILES string of the molecule is O=Cc1ccc(OCCC(=O)c2ccc(O)c(Oc3ccccc3)c2)c(Oc2ccccc2)c1. The number of hydrogen-bond donors (Lipinski definition) is 1. The molecule has 4 aromatic carbocycles. The molecule has 4 rings (SSSR count). The van der Waals surface area contributed by atoms with E-state index in [1.807, 2.05) is 36.4 Å². The van der Waals surface area contributed by atoms with Gasteiger partial charge in [0.25, 0.3) is 0 Å². The van der Waals surface area contributed by atoms with Crippen molar-refractivity contribution in [3.8, 4) is 34.5 Å². The summed E-state index contributed by atoms with van der Waals surface area (Å²) in [5.41, 5.74) is 0.841. The minimum Gasteiger partial charge on any atom is -0.504 e. The van der Waals surface area contributed by atoms with E-state index in [2.05, 4.69) is 0 Å². The number of para-hydroxylation sites is 2. The van der Waals surface area contributed by atoms with Crippen molar-refractivity contribution in [1.82, 2.24) is 0 Å². The molecule has 170 valence electrons. The van der Waals surface area contributed by atoms with Crippen molar-refractivity contribution in [2.24, 2.45) is 0 Å². The lowest BCUT2D eigenvalue weighted by molar-refractivity contribution is 0.0961. The molecule has 0 fully saturated rings. The number of phenolic OH excluding ortho intramolecular Hbond substituents is 1. The Morgan fingerprint density at radius 3 is 2.03 bits per heavy atom. The smallest absolute Gasteiger partial charge is 0.169 e. The van der Waals surface area contributed by atoms with Gasteiger partial charge in [0.05, 0.1) is 6.61 Å². The van der Waals surface area contributed by atoms with Gasteiger partial charge in [0.2, 0.25) is 0 Å². The lowest BCUT2D eigenvalue weighted by Crippen LogP contribution is -2.07. The zero-order valence-corrected chi connectivity index (χ0v) is 18.2. The highest BCUT2D eigenvalue weighted by Gasteiger charge is 2.13. The summed E-state index contributed by atoms with van der Waals surface area (Å²) in [4.78, 5) is 23.9. The Kier molecular flexibility index (Phi) is 7.20. The molecular formula is C28H22O6. The zero-order valence-electron chi connectivity index (χ0n) is 18.2. The lowest BCUT2D eigenvalue weighted by Gasteiger charge is -2.13. The molecule has 0 saturated heterocycles. The van der Waals surface area contributed by atoms with E-state index in [-0.39, 0.29) is 30.3 Å². The molecule has 0 heterocycles. The van der Waals surface area contributed by atoms with E-state index in [1.54, 1.807) is 48.5 Å². The summed E-state index contributed by atoms with van der Waals surface area (Å²) in [6.07, 6.45) is 0.820. The maximum Gasteiger partial charge on any atom is 0.169 e. The summed E-state index contributed by atoms with van der Waals surface area (Å²) in [6, 6.07) is 27.5. The highest BCUT2D eigenvalue weighted by atomic mass is 16.5. The van der Waals surface area contributed by atoms with E-state index >= 15 is 0 Å². The molecule has 0 amide bonds. The number of carbonyl (C=O) groups is 2. The predicted octanol–water partition coefficient (Wildman–Crippen LogP) is 6.44. The monoisotopic (exact) mass is 454 g/mol. The van der Waals surface area contributed by atoms with Crippen LogP contribution in [0.2, 0.25) is 0 Å². The average molecular weight is 454 g/mol. The summed E-state index contributed by atoms with van der Waals surface area (Å²) in [7, 11) is 0. The largest absolute Gasteiger partial charge is 0.504 e. The van der Waals surface area contributed by atoms with Gasteiger partial charge >= 0.3 is 0 Å². The van der Waals surface area contributed by atoms with Crippen LogP contribution in [0, 0.1) is 0 Å². The van der Waals surface area contributed by atoms with E-state index in [4.69, 9.17) is 14.2 Å². The first kappa shape index (κ1) is 22.6. The first-order valence-corrected chi connectivity index (χ1v) is 10.7. The molecule has 0 aliphatic heterocycles. The van der Waals surface area contributed by atoms with E-state index in [0.717, 1.165) is 6.29 Å². The zero-order chi connectivity index (χ0) is 23.8. The van der Waals surface area contributed by atoms with Crippen molar-refractivity contribution in [2.45, 2.75) is 6.42 Å². The van der Waals surface area contributed by atoms with Gasteiger partial charge < -0.3 is 19.3 Å². The van der Waals surface area contributed by atoms with Crippen LogP contribution in [-0.2, 0) is 0 Å². The van der Waals surface area contributed by atoms with Crippen molar-refractivity contribution >= 4 is 12.1 Å². The second-order valence-electron chi connectivity index (χ2n) is 7.36. The fourth-order valence-electron chi connectivity index (χ4n) is 3.20. The van der Waals surface area contributed by atoms with Crippen LogP contribution < -0.4 is 14.2 Å². The normalized spacial score (nSPS) is 10.4. The molecule has 0 atom stereocenters. The fraction of sp³-hybridized carbons (Fsp3) is 0.0714. The number of aromatic hydroxyl groups is 1. The summed E-state index contributed by atoms with van der Waals surface area (Å²) in [5.74, 6) is 1.91. The van der Waals surface area contributed by atoms with Gasteiger partial charge in [-0.15, -0.1) is 0 Å². The van der Waals surface area contributed by atoms with Gasteiger partial charge in [-0.2, -0.15) is 0 Å². The van der Waals surface area contributed by atoms with Crippen LogP contribution in [0.25, 0.3) is 0 Å². The van der Waals surface area contributed by atoms with Gasteiger partial charge in [-0.3, -0.25) is 9.59 Å². The van der Waals surface area contributed by atoms with Crippen LogP contribution in [0.15, 0.2) is 97.1 Å². The lowest BCUT2D eigenvalue weighted by atomic mass is 10.1. The van der Waals surface area contributed by atoms with Gasteiger partial charge in [0, 0.05) is 17.5 Å². The third-order valence-corrected chi connectivity index (χ3v) is 4.91. The van der Waals surface area contributed by atoms with Crippen LogP contribution >= 0.6 is 0 Å². The number of phenols is 1. The molecular weight excluding hydrogens is 432 g/mol. The molecule has 0 unspecified atom stereocenters. The van der Waals surface area contributed by atoms with E-state index in [0.29, 0.717) is 34.1 Å². The Hall–Kier alpha value is -4.58. The van der Waals surface area contributed by atoms with Crippen molar-refractivity contribution in [2.75, 3.05) is 6.61 Å². The molecule has 34 heavy (non-hydrogen) atoms. The number of Topliss-reactive ketones (excluding diaryl/α,β-unsaturated/α-hetero) is 1. The molecule has 0 aromatic heterocycles. The van der Waals surface area contributed by atoms with Crippen LogP contribution in [0.1, 0.15) is 27.1 Å². The second kappa shape index (κ2) is 10.8. The second-order valence-corrected chi connectivity index (χ2v) is 7.36. The quantitative estimate of drug-likeness (QED) is 0.219. The van der Waals surface area contributed by atoms with Crippen molar-refractivity contribution in [3.63, 3.8) is 0 Å². The summed E-state index contributed by atoms with van der Waals surface area (Å²) >= 11 is 0. The first-order valence-electron chi connectivity index (χ1n) is 10.7. The molecule has 4 aromatic rings. The summed E-state index contributed by atoms with van der Waals surface area (Å²) in [5, 5.41) is 10.1. The number of ether oxygens (including phenoxy) is 3. The first-order chi connectivity index (χ1) is 16.6. The maximum absolute atomic E-state index is 12.7. The molecule has 0 aliphatic carbocycles. The van der Waals surface area contributed by atoms with Gasteiger partial charge in [-0.1, -0.05) is 36.4 Å². The van der Waals surface area contributed by atoms with E-state index in [9.17, 15) is 14.7 Å². The van der Waals surface area contributed by atoms with Gasteiger partial charge in [0.15, 0.2) is 28.8 Å². The molecule has 0 spiro atoms. The average Bonchev–Trinajstić information content (AvgIpc) is 2.87. The van der Waals surface area contributed by atoms with Crippen molar-refractivity contribution in [3.05, 3.63) is 108 Å². The number of rotatable bonds is 10. The molecule has 6 heteroatoms. The molecule has 0 aliphatic rings. The predicted molar refractivity (Wildman–Crippen MR) is 127 cm³/mol. The molecule has 0 saturated carbocycles. The van der Waals surface area contributed by atoms with Crippen molar-refractivity contribution < 1.29 is 28.9 Å². The number of hydrogen-bond acceptors (Lipinski definition) is 6. The minimum absolute atomic E-state index is 0.0605.